The average Bonchev–Trinajstić information content (AvgIpc) is 3.20. The molecule has 4 aromatic rings. The second-order valence-electron chi connectivity index (χ2n) is 7.73. The molecule has 0 unspecified atom stereocenters. The Morgan fingerprint density at radius 3 is 2.35 bits per heavy atom. The van der Waals surface area contributed by atoms with Crippen molar-refractivity contribution in [2.24, 2.45) is 4.99 Å². The molecule has 4 rings (SSSR count). The lowest BCUT2D eigenvalue weighted by Gasteiger charge is -2.09. The molecule has 0 aliphatic carbocycles. The first kappa shape index (κ1) is 22.8. The van der Waals surface area contributed by atoms with Crippen LogP contribution in [0.15, 0.2) is 77.8 Å². The molecule has 7 nitrogen and oxygen atoms in total. The molecule has 0 spiro atoms. The fraction of sp³-hybridized carbons (Fsp3) is 0.148. The van der Waals surface area contributed by atoms with E-state index in [2.05, 4.69) is 10.3 Å². The van der Waals surface area contributed by atoms with Crippen molar-refractivity contribution in [2.75, 3.05) is 13.7 Å². The van der Waals surface area contributed by atoms with Gasteiger partial charge in [-0.25, -0.2) is 9.79 Å². The Bertz CT molecular complexity index is 1360. The van der Waals surface area contributed by atoms with Crippen molar-refractivity contribution in [3.63, 3.8) is 0 Å². The van der Waals surface area contributed by atoms with E-state index in [1.165, 1.54) is 7.11 Å². The minimum Gasteiger partial charge on any atom is -0.494 e. The predicted molar refractivity (Wildman–Crippen MR) is 132 cm³/mol. The summed E-state index contributed by atoms with van der Waals surface area (Å²) >= 11 is 0. The zero-order valence-corrected chi connectivity index (χ0v) is 19.0. The molecular weight excluding hydrogens is 430 g/mol. The molecule has 0 aliphatic rings. The number of aromatic amines is 1. The highest BCUT2D eigenvalue weighted by atomic mass is 16.5. The minimum atomic E-state index is -0.461. The van der Waals surface area contributed by atoms with Gasteiger partial charge in [0.15, 0.2) is 5.88 Å². The third-order valence-electron chi connectivity index (χ3n) is 5.39. The number of hydrogen-bond donors (Lipinski definition) is 3. The summed E-state index contributed by atoms with van der Waals surface area (Å²) in [5, 5.41) is 14.4. The highest BCUT2D eigenvalue weighted by Crippen LogP contribution is 2.32. The van der Waals surface area contributed by atoms with Gasteiger partial charge in [0.05, 0.1) is 29.6 Å². The summed E-state index contributed by atoms with van der Waals surface area (Å²) in [6.45, 7) is 2.62. The topological polar surface area (TPSA) is 104 Å². The van der Waals surface area contributed by atoms with Crippen LogP contribution in [0.1, 0.15) is 45.2 Å². The summed E-state index contributed by atoms with van der Waals surface area (Å²) in [5.74, 6) is -0.649. The molecular formula is C27H25N3O4. The average molecular weight is 456 g/mol. The van der Waals surface area contributed by atoms with Gasteiger partial charge in [0, 0.05) is 28.6 Å². The summed E-state index contributed by atoms with van der Waals surface area (Å²) in [5.41, 5.74) is 4.02. The number of benzene rings is 3. The molecule has 7 heteroatoms. The zero-order chi connectivity index (χ0) is 24.1. The van der Waals surface area contributed by atoms with Gasteiger partial charge in [-0.15, -0.1) is 0 Å². The van der Waals surface area contributed by atoms with Crippen LogP contribution in [-0.4, -0.2) is 41.3 Å². The molecule has 34 heavy (non-hydrogen) atoms. The number of esters is 1. The number of carbonyl (C=O) groups is 2. The minimum absolute atomic E-state index is 0.0600. The SMILES string of the molecule is CCCNC(=O)c1ccc(N=C(c2ccccc2)c2c(O)[nH]c3cc(C(=O)OC)ccc23)cc1. The standard InChI is InChI=1S/C27H25N3O4/c1-3-15-28-25(31)18-9-12-20(13-10-18)29-24(17-7-5-4-6-8-17)23-21-14-11-19(27(33)34-2)16-22(21)30-26(23)32/h4-14,16,30,32H,3,15H2,1-2H3,(H,28,31). The number of nitrogens with zero attached hydrogens (tertiary/aromatic N) is 1. The number of hydrogen-bond acceptors (Lipinski definition) is 5. The number of ether oxygens (including phenoxy) is 1. The Kier molecular flexibility index (Phi) is 6.73. The van der Waals surface area contributed by atoms with Crippen LogP contribution in [0.2, 0.25) is 0 Å². The number of carbonyl (C=O) groups excluding carboxylic acids is 2. The van der Waals surface area contributed by atoms with E-state index in [1.54, 1.807) is 42.5 Å². The molecule has 172 valence electrons. The molecule has 0 radical (unpaired) electrons. The normalized spacial score (nSPS) is 11.4. The molecule has 3 N–H and O–H groups in total. The Morgan fingerprint density at radius 2 is 1.68 bits per heavy atom. The van der Waals surface area contributed by atoms with E-state index in [-0.39, 0.29) is 11.8 Å². The zero-order valence-electron chi connectivity index (χ0n) is 19.0. The first-order valence-electron chi connectivity index (χ1n) is 11.0. The lowest BCUT2D eigenvalue weighted by atomic mass is 10.00. The maximum Gasteiger partial charge on any atom is 0.337 e. The van der Waals surface area contributed by atoms with Crippen molar-refractivity contribution in [1.82, 2.24) is 10.3 Å². The van der Waals surface area contributed by atoms with Gasteiger partial charge in [-0.3, -0.25) is 4.79 Å². The number of nitrogens with one attached hydrogen (secondary N) is 2. The smallest absolute Gasteiger partial charge is 0.337 e. The summed E-state index contributed by atoms with van der Waals surface area (Å²) in [4.78, 5) is 31.9. The van der Waals surface area contributed by atoms with E-state index in [4.69, 9.17) is 9.73 Å². The van der Waals surface area contributed by atoms with Crippen LogP contribution < -0.4 is 5.32 Å². The number of methoxy groups -OCH3 is 1. The molecule has 3 aromatic carbocycles. The number of amides is 1. The first-order valence-corrected chi connectivity index (χ1v) is 11.0. The molecule has 1 amide bonds. The number of aromatic hydroxyl groups is 1. The molecule has 0 bridgehead atoms. The monoisotopic (exact) mass is 455 g/mol. The number of aromatic nitrogens is 1. The molecule has 0 aliphatic heterocycles. The molecule has 0 fully saturated rings. The van der Waals surface area contributed by atoms with Gasteiger partial charge in [-0.1, -0.05) is 43.3 Å². The van der Waals surface area contributed by atoms with E-state index in [9.17, 15) is 14.7 Å². The van der Waals surface area contributed by atoms with Crippen molar-refractivity contribution in [3.05, 3.63) is 95.1 Å². The lowest BCUT2D eigenvalue weighted by molar-refractivity contribution is 0.0600. The Hall–Kier alpha value is -4.39. The maximum absolute atomic E-state index is 12.2. The highest BCUT2D eigenvalue weighted by Gasteiger charge is 2.20. The van der Waals surface area contributed by atoms with Crippen LogP contribution in [-0.2, 0) is 4.74 Å². The van der Waals surface area contributed by atoms with Crippen molar-refractivity contribution in [3.8, 4) is 5.88 Å². The van der Waals surface area contributed by atoms with Gasteiger partial charge >= 0.3 is 5.97 Å². The van der Waals surface area contributed by atoms with Crippen molar-refractivity contribution < 1.29 is 19.4 Å². The van der Waals surface area contributed by atoms with Crippen LogP contribution in [0.3, 0.4) is 0 Å². The van der Waals surface area contributed by atoms with Crippen molar-refractivity contribution >= 4 is 34.2 Å². The van der Waals surface area contributed by atoms with Crippen LogP contribution >= 0.6 is 0 Å². The van der Waals surface area contributed by atoms with E-state index in [0.29, 0.717) is 45.5 Å². The van der Waals surface area contributed by atoms with Crippen LogP contribution in [0.5, 0.6) is 5.88 Å². The Labute approximate surface area is 197 Å². The van der Waals surface area contributed by atoms with Crippen LogP contribution in [0.4, 0.5) is 5.69 Å². The second-order valence-corrected chi connectivity index (χ2v) is 7.73. The summed E-state index contributed by atoms with van der Waals surface area (Å²) in [6.07, 6.45) is 0.865. The maximum atomic E-state index is 12.2. The van der Waals surface area contributed by atoms with Gasteiger partial charge in [-0.05, 0) is 42.8 Å². The van der Waals surface area contributed by atoms with Crippen molar-refractivity contribution in [1.29, 1.82) is 0 Å². The summed E-state index contributed by atoms with van der Waals surface area (Å²) in [6, 6.07) is 21.5. The van der Waals surface area contributed by atoms with Crippen LogP contribution in [0.25, 0.3) is 10.9 Å². The van der Waals surface area contributed by atoms with Gasteiger partial charge in [0.25, 0.3) is 5.91 Å². The molecule has 0 saturated heterocycles. The quantitative estimate of drug-likeness (QED) is 0.270. The third kappa shape index (κ3) is 4.68. The molecule has 1 heterocycles. The summed E-state index contributed by atoms with van der Waals surface area (Å²) in [7, 11) is 1.32. The number of aliphatic imine (C=N–C) groups is 1. The van der Waals surface area contributed by atoms with Crippen molar-refractivity contribution in [2.45, 2.75) is 13.3 Å². The molecule has 1 aromatic heterocycles. The number of H-pyrrole nitrogens is 1. The Balaban J connectivity index is 1.80. The second kappa shape index (κ2) is 10.0. The largest absolute Gasteiger partial charge is 0.494 e. The van der Waals surface area contributed by atoms with E-state index < -0.39 is 5.97 Å². The highest BCUT2D eigenvalue weighted by molar-refractivity contribution is 6.22. The fourth-order valence-electron chi connectivity index (χ4n) is 3.69. The van der Waals surface area contributed by atoms with E-state index in [0.717, 1.165) is 12.0 Å². The third-order valence-corrected chi connectivity index (χ3v) is 5.39. The first-order chi connectivity index (χ1) is 16.5. The molecule has 0 atom stereocenters. The summed E-state index contributed by atoms with van der Waals surface area (Å²) < 4.78 is 4.80. The van der Waals surface area contributed by atoms with Gasteiger partial charge in [0.1, 0.15) is 0 Å². The molecule has 0 saturated carbocycles. The lowest BCUT2D eigenvalue weighted by Crippen LogP contribution is -2.23. The number of fused-ring (bicyclic) bond motifs is 1. The fourth-order valence-corrected chi connectivity index (χ4v) is 3.69. The van der Waals surface area contributed by atoms with Crippen LogP contribution in [0, 0.1) is 0 Å². The van der Waals surface area contributed by atoms with E-state index >= 15 is 0 Å². The predicted octanol–water partition coefficient (Wildman–Crippen LogP) is 4.97. The van der Waals surface area contributed by atoms with Gasteiger partial charge < -0.3 is 20.1 Å². The van der Waals surface area contributed by atoms with E-state index in [1.807, 2.05) is 37.3 Å². The van der Waals surface area contributed by atoms with Gasteiger partial charge in [-0.2, -0.15) is 0 Å². The number of rotatable bonds is 7. The Morgan fingerprint density at radius 1 is 0.971 bits per heavy atom. The van der Waals surface area contributed by atoms with Gasteiger partial charge in [0.2, 0.25) is 0 Å².